The average molecular weight is 313 g/mol. The van der Waals surface area contributed by atoms with Gasteiger partial charge < -0.3 is 24.3 Å². The molecule has 0 aliphatic heterocycles. The smallest absolute Gasteiger partial charge is 0.356 e. The van der Waals surface area contributed by atoms with Crippen molar-refractivity contribution < 1.29 is 19.4 Å². The van der Waals surface area contributed by atoms with E-state index in [1.807, 2.05) is 30.3 Å². The third kappa shape index (κ3) is 3.41. The van der Waals surface area contributed by atoms with E-state index in [2.05, 4.69) is 10.3 Å². The van der Waals surface area contributed by atoms with Crippen LogP contribution in [0.3, 0.4) is 0 Å². The maximum absolute atomic E-state index is 10.9. The Morgan fingerprint density at radius 1 is 1.17 bits per heavy atom. The number of methoxy groups -OCH3 is 1. The molecule has 23 heavy (non-hydrogen) atoms. The Morgan fingerprint density at radius 3 is 2.61 bits per heavy atom. The molecule has 3 aromatic rings. The molecule has 0 spiro atoms. The monoisotopic (exact) mass is 313 g/mol. The van der Waals surface area contributed by atoms with E-state index in [1.165, 1.54) is 6.20 Å². The van der Waals surface area contributed by atoms with Crippen LogP contribution >= 0.6 is 0 Å². The van der Waals surface area contributed by atoms with E-state index in [4.69, 9.17) is 14.6 Å². The van der Waals surface area contributed by atoms with Gasteiger partial charge in [-0.3, -0.25) is 0 Å². The van der Waals surface area contributed by atoms with Crippen molar-refractivity contribution in [2.24, 2.45) is 0 Å². The lowest BCUT2D eigenvalue weighted by molar-refractivity contribution is 0.0511. The second-order valence-electron chi connectivity index (χ2n) is 4.81. The van der Waals surface area contributed by atoms with E-state index < -0.39 is 5.97 Å². The van der Waals surface area contributed by atoms with Gasteiger partial charge in [-0.1, -0.05) is 0 Å². The van der Waals surface area contributed by atoms with Crippen molar-refractivity contribution in [3.63, 3.8) is 0 Å². The van der Waals surface area contributed by atoms with Gasteiger partial charge in [0.25, 0.3) is 0 Å². The van der Waals surface area contributed by atoms with Crippen molar-refractivity contribution in [3.05, 3.63) is 54.5 Å². The molecule has 0 fully saturated rings. The lowest BCUT2D eigenvalue weighted by atomic mass is 10.3. The van der Waals surface area contributed by atoms with Gasteiger partial charge in [0.05, 0.1) is 5.69 Å². The number of carbonyl (C=O) groups is 1. The first-order valence-electron chi connectivity index (χ1n) is 6.86. The number of anilines is 2. The normalized spacial score (nSPS) is 10.7. The number of rotatable bonds is 6. The Balaban J connectivity index is 1.76. The summed E-state index contributed by atoms with van der Waals surface area (Å²) < 4.78 is 11.8. The molecule has 3 rings (SSSR count). The molecule has 0 aliphatic carbocycles. The second-order valence-corrected chi connectivity index (χ2v) is 4.81. The van der Waals surface area contributed by atoms with E-state index in [0.717, 1.165) is 11.4 Å². The first-order chi connectivity index (χ1) is 11.2. The SMILES string of the molecule is COCOc1ccc(Nc2ccc3nc(C(=O)O)cn3c2)cc1. The van der Waals surface area contributed by atoms with Crippen LogP contribution in [0.15, 0.2) is 48.8 Å². The van der Waals surface area contributed by atoms with Crippen LogP contribution in [0.2, 0.25) is 0 Å². The molecule has 1 aromatic carbocycles. The van der Waals surface area contributed by atoms with Gasteiger partial charge in [-0.15, -0.1) is 0 Å². The Kier molecular flexibility index (Phi) is 4.11. The van der Waals surface area contributed by atoms with Gasteiger partial charge in [-0.25, -0.2) is 9.78 Å². The number of nitrogens with zero attached hydrogens (tertiary/aromatic N) is 2. The van der Waals surface area contributed by atoms with Crippen LogP contribution in [-0.2, 0) is 4.74 Å². The van der Waals surface area contributed by atoms with Crippen LogP contribution in [0.25, 0.3) is 5.65 Å². The molecule has 2 heterocycles. The lowest BCUT2D eigenvalue weighted by Gasteiger charge is -2.08. The number of pyridine rings is 1. The zero-order chi connectivity index (χ0) is 16.2. The third-order valence-corrected chi connectivity index (χ3v) is 3.16. The zero-order valence-electron chi connectivity index (χ0n) is 12.4. The highest BCUT2D eigenvalue weighted by Crippen LogP contribution is 2.20. The van der Waals surface area contributed by atoms with Crippen molar-refractivity contribution in [2.75, 3.05) is 19.2 Å². The van der Waals surface area contributed by atoms with Crippen LogP contribution < -0.4 is 10.1 Å². The number of hydrogen-bond acceptors (Lipinski definition) is 5. The minimum absolute atomic E-state index is 0.0156. The Hall–Kier alpha value is -3.06. The van der Waals surface area contributed by atoms with E-state index in [9.17, 15) is 4.79 Å². The molecule has 2 N–H and O–H groups in total. The second kappa shape index (κ2) is 6.37. The van der Waals surface area contributed by atoms with E-state index >= 15 is 0 Å². The van der Waals surface area contributed by atoms with Crippen molar-refractivity contribution >= 4 is 23.0 Å². The molecule has 7 heteroatoms. The van der Waals surface area contributed by atoms with Crippen LogP contribution in [0.5, 0.6) is 5.75 Å². The molecule has 0 unspecified atom stereocenters. The molecule has 0 aliphatic rings. The summed E-state index contributed by atoms with van der Waals surface area (Å²) in [5.74, 6) is -0.330. The minimum atomic E-state index is -1.05. The summed E-state index contributed by atoms with van der Waals surface area (Å²) in [6, 6.07) is 11.0. The predicted molar refractivity (Wildman–Crippen MR) is 84.4 cm³/mol. The maximum atomic E-state index is 10.9. The van der Waals surface area contributed by atoms with Crippen molar-refractivity contribution in [2.45, 2.75) is 0 Å². The lowest BCUT2D eigenvalue weighted by Crippen LogP contribution is -1.98. The number of aromatic nitrogens is 2. The summed E-state index contributed by atoms with van der Waals surface area (Å²) in [7, 11) is 1.57. The number of ether oxygens (including phenoxy) is 2. The van der Waals surface area contributed by atoms with Crippen molar-refractivity contribution in [1.29, 1.82) is 0 Å². The van der Waals surface area contributed by atoms with Gasteiger partial charge in [-0.05, 0) is 36.4 Å². The number of hydrogen-bond donors (Lipinski definition) is 2. The van der Waals surface area contributed by atoms with E-state index in [-0.39, 0.29) is 12.5 Å². The molecule has 0 bridgehead atoms. The Morgan fingerprint density at radius 2 is 1.91 bits per heavy atom. The van der Waals surface area contributed by atoms with Gasteiger partial charge in [0.2, 0.25) is 0 Å². The van der Waals surface area contributed by atoms with Crippen LogP contribution in [0, 0.1) is 0 Å². The van der Waals surface area contributed by atoms with E-state index in [1.54, 1.807) is 23.8 Å². The highest BCUT2D eigenvalue weighted by molar-refractivity contribution is 5.86. The van der Waals surface area contributed by atoms with E-state index in [0.29, 0.717) is 11.4 Å². The van der Waals surface area contributed by atoms with Gasteiger partial charge in [0.15, 0.2) is 12.5 Å². The molecule has 118 valence electrons. The summed E-state index contributed by atoms with van der Waals surface area (Å²) in [6.07, 6.45) is 3.26. The number of imidazole rings is 1. The van der Waals surface area contributed by atoms with Crippen LogP contribution in [0.4, 0.5) is 11.4 Å². The third-order valence-electron chi connectivity index (χ3n) is 3.16. The van der Waals surface area contributed by atoms with Gasteiger partial charge >= 0.3 is 5.97 Å². The molecular formula is C16H15N3O4. The Bertz CT molecular complexity index is 827. The number of benzene rings is 1. The van der Waals surface area contributed by atoms with Crippen LogP contribution in [-0.4, -0.2) is 34.4 Å². The molecule has 2 aromatic heterocycles. The topological polar surface area (TPSA) is 85.1 Å². The summed E-state index contributed by atoms with van der Waals surface area (Å²) in [5.41, 5.74) is 2.29. The van der Waals surface area contributed by atoms with Gasteiger partial charge in [0.1, 0.15) is 11.4 Å². The molecule has 0 saturated carbocycles. The number of fused-ring (bicyclic) bond motifs is 1. The molecule has 0 saturated heterocycles. The standard InChI is InChI=1S/C16H15N3O4/c1-22-10-23-13-5-2-11(3-6-13)17-12-4-7-15-18-14(16(20)21)9-19(15)8-12/h2-9,17H,10H2,1H3,(H,20,21). The van der Waals surface area contributed by atoms with Gasteiger partial charge in [0, 0.05) is 25.2 Å². The van der Waals surface area contributed by atoms with Crippen molar-refractivity contribution in [3.8, 4) is 5.75 Å². The highest BCUT2D eigenvalue weighted by Gasteiger charge is 2.08. The largest absolute Gasteiger partial charge is 0.476 e. The summed E-state index contributed by atoms with van der Waals surface area (Å²) >= 11 is 0. The molecule has 0 radical (unpaired) electrons. The highest BCUT2D eigenvalue weighted by atomic mass is 16.7. The Labute approximate surface area is 132 Å². The molecule has 0 amide bonds. The number of nitrogens with one attached hydrogen (secondary N) is 1. The molecule has 7 nitrogen and oxygen atoms in total. The number of carboxylic acid groups (broad SMARTS) is 1. The molecular weight excluding hydrogens is 298 g/mol. The summed E-state index contributed by atoms with van der Waals surface area (Å²) in [6.45, 7) is 0.204. The average Bonchev–Trinajstić information content (AvgIpc) is 2.98. The predicted octanol–water partition coefficient (Wildman–Crippen LogP) is 2.76. The minimum Gasteiger partial charge on any atom is -0.476 e. The fourth-order valence-corrected chi connectivity index (χ4v) is 2.10. The fraction of sp³-hybridized carbons (Fsp3) is 0.125. The van der Waals surface area contributed by atoms with Crippen LogP contribution in [0.1, 0.15) is 10.5 Å². The zero-order valence-corrected chi connectivity index (χ0v) is 12.4. The van der Waals surface area contributed by atoms with Crippen molar-refractivity contribution in [1.82, 2.24) is 9.38 Å². The summed E-state index contributed by atoms with van der Waals surface area (Å²) in [5, 5.41) is 12.2. The number of aromatic carboxylic acids is 1. The van der Waals surface area contributed by atoms with Gasteiger partial charge in [-0.2, -0.15) is 0 Å². The number of carboxylic acids is 1. The summed E-state index contributed by atoms with van der Waals surface area (Å²) in [4.78, 5) is 14.9. The first kappa shape index (κ1) is 14.9. The fourth-order valence-electron chi connectivity index (χ4n) is 2.10. The first-order valence-corrected chi connectivity index (χ1v) is 6.86. The quantitative estimate of drug-likeness (QED) is 0.681. The maximum Gasteiger partial charge on any atom is 0.356 e. The molecule has 0 atom stereocenters.